The van der Waals surface area contributed by atoms with Crippen LogP contribution in [0.2, 0.25) is 0 Å². The lowest BCUT2D eigenvalue weighted by Crippen LogP contribution is -2.13. The molecule has 0 aliphatic rings. The van der Waals surface area contributed by atoms with Crippen LogP contribution in [0.25, 0.3) is 11.5 Å². The van der Waals surface area contributed by atoms with Gasteiger partial charge in [0.25, 0.3) is 0 Å². The van der Waals surface area contributed by atoms with E-state index in [-0.39, 0.29) is 24.4 Å². The number of rotatable bonds is 5. The second-order valence-corrected chi connectivity index (χ2v) is 6.45. The number of halogens is 2. The van der Waals surface area contributed by atoms with Gasteiger partial charge in [-0.25, -0.2) is 4.39 Å². The van der Waals surface area contributed by atoms with Crippen LogP contribution in [0, 0.1) is 12.7 Å². The molecule has 7 heteroatoms. The minimum absolute atomic E-state index is 0.113. The van der Waals surface area contributed by atoms with Gasteiger partial charge in [-0.1, -0.05) is 33.6 Å². The van der Waals surface area contributed by atoms with Crippen LogP contribution in [0.15, 0.2) is 51.4 Å². The van der Waals surface area contributed by atoms with Gasteiger partial charge < -0.3 is 9.73 Å². The van der Waals surface area contributed by atoms with Gasteiger partial charge in [-0.05, 0) is 37.3 Å². The van der Waals surface area contributed by atoms with Crippen molar-refractivity contribution < 1.29 is 13.6 Å². The van der Waals surface area contributed by atoms with Crippen LogP contribution in [-0.4, -0.2) is 16.1 Å². The zero-order valence-electron chi connectivity index (χ0n) is 13.4. The summed E-state index contributed by atoms with van der Waals surface area (Å²) in [6, 6.07) is 12.1. The molecular weight excluding hydrogens is 389 g/mol. The van der Waals surface area contributed by atoms with Crippen molar-refractivity contribution in [2.75, 3.05) is 5.32 Å². The standard InChI is InChI=1S/C18H15BrFN3O2/c1-11-2-4-12(5-3-11)18-23-22-17(25-18)9-8-16(24)21-15-10-13(19)6-7-14(15)20/h2-7,10H,8-9H2,1H3,(H,21,24). The summed E-state index contributed by atoms with van der Waals surface area (Å²) in [6.45, 7) is 2.00. The number of anilines is 1. The van der Waals surface area contributed by atoms with Gasteiger partial charge in [0.05, 0.1) is 5.69 Å². The third-order valence-electron chi connectivity index (χ3n) is 3.53. The lowest BCUT2D eigenvalue weighted by molar-refractivity contribution is -0.116. The maximum Gasteiger partial charge on any atom is 0.247 e. The summed E-state index contributed by atoms with van der Waals surface area (Å²) in [5.41, 5.74) is 2.09. The van der Waals surface area contributed by atoms with Crippen LogP contribution in [0.1, 0.15) is 17.9 Å². The number of amides is 1. The maximum absolute atomic E-state index is 13.6. The molecule has 1 heterocycles. The van der Waals surface area contributed by atoms with Crippen molar-refractivity contribution in [1.82, 2.24) is 10.2 Å². The van der Waals surface area contributed by atoms with Gasteiger partial charge in [0.2, 0.25) is 17.7 Å². The molecule has 0 radical (unpaired) electrons. The fourth-order valence-electron chi connectivity index (χ4n) is 2.19. The largest absolute Gasteiger partial charge is 0.421 e. The van der Waals surface area contributed by atoms with E-state index in [1.54, 1.807) is 6.07 Å². The van der Waals surface area contributed by atoms with E-state index in [1.807, 2.05) is 31.2 Å². The molecule has 0 saturated heterocycles. The highest BCUT2D eigenvalue weighted by Crippen LogP contribution is 2.21. The van der Waals surface area contributed by atoms with Gasteiger partial charge in [0.1, 0.15) is 5.82 Å². The van der Waals surface area contributed by atoms with Crippen molar-refractivity contribution in [2.24, 2.45) is 0 Å². The summed E-state index contributed by atoms with van der Waals surface area (Å²) in [7, 11) is 0. The molecule has 25 heavy (non-hydrogen) atoms. The molecule has 0 atom stereocenters. The Morgan fingerprint density at radius 3 is 2.72 bits per heavy atom. The summed E-state index contributed by atoms with van der Waals surface area (Å²) in [6.07, 6.45) is 0.391. The summed E-state index contributed by atoms with van der Waals surface area (Å²) in [5.74, 6) is -0.0445. The van der Waals surface area contributed by atoms with Crippen molar-refractivity contribution in [3.05, 3.63) is 64.2 Å². The van der Waals surface area contributed by atoms with Gasteiger partial charge in [-0.3, -0.25) is 4.79 Å². The van der Waals surface area contributed by atoms with Gasteiger partial charge in [-0.2, -0.15) is 0 Å². The number of aryl methyl sites for hydroxylation is 2. The molecule has 1 aromatic heterocycles. The average Bonchev–Trinajstić information content (AvgIpc) is 3.06. The molecule has 1 N–H and O–H groups in total. The highest BCUT2D eigenvalue weighted by atomic mass is 79.9. The van der Waals surface area contributed by atoms with E-state index in [2.05, 4.69) is 31.4 Å². The fourth-order valence-corrected chi connectivity index (χ4v) is 2.55. The number of nitrogens with zero attached hydrogens (tertiary/aromatic N) is 2. The number of benzene rings is 2. The zero-order valence-corrected chi connectivity index (χ0v) is 15.0. The van der Waals surface area contributed by atoms with Gasteiger partial charge in [-0.15, -0.1) is 10.2 Å². The Bertz CT molecular complexity index is 894. The average molecular weight is 404 g/mol. The Balaban J connectivity index is 1.59. The highest BCUT2D eigenvalue weighted by molar-refractivity contribution is 9.10. The summed E-state index contributed by atoms with van der Waals surface area (Å²) in [4.78, 5) is 12.0. The number of nitrogens with one attached hydrogen (secondary N) is 1. The van der Waals surface area contributed by atoms with E-state index in [0.717, 1.165) is 11.1 Å². The molecule has 0 bridgehead atoms. The molecule has 5 nitrogen and oxygen atoms in total. The summed E-state index contributed by atoms with van der Waals surface area (Å²) >= 11 is 3.24. The third-order valence-corrected chi connectivity index (χ3v) is 4.03. The zero-order chi connectivity index (χ0) is 17.8. The molecule has 0 unspecified atom stereocenters. The Morgan fingerprint density at radius 2 is 1.96 bits per heavy atom. The maximum atomic E-state index is 13.6. The second-order valence-electron chi connectivity index (χ2n) is 5.54. The summed E-state index contributed by atoms with van der Waals surface area (Å²) < 4.78 is 19.9. The number of carbonyl (C=O) groups excluding carboxylic acids is 1. The molecule has 2 aromatic carbocycles. The Labute approximate surface area is 152 Å². The van der Waals surface area contributed by atoms with Crippen molar-refractivity contribution >= 4 is 27.5 Å². The molecule has 0 aliphatic heterocycles. The van der Waals surface area contributed by atoms with Crippen molar-refractivity contribution in [3.8, 4) is 11.5 Å². The quantitative estimate of drug-likeness (QED) is 0.679. The van der Waals surface area contributed by atoms with E-state index in [0.29, 0.717) is 16.3 Å². The number of carbonyl (C=O) groups is 1. The van der Waals surface area contributed by atoms with Crippen LogP contribution in [0.3, 0.4) is 0 Å². The van der Waals surface area contributed by atoms with Crippen molar-refractivity contribution in [1.29, 1.82) is 0 Å². The Morgan fingerprint density at radius 1 is 1.20 bits per heavy atom. The predicted octanol–water partition coefficient (Wildman–Crippen LogP) is 4.52. The first-order chi connectivity index (χ1) is 12.0. The van der Waals surface area contributed by atoms with Gasteiger partial charge >= 0.3 is 0 Å². The van der Waals surface area contributed by atoms with Gasteiger partial charge in [0.15, 0.2) is 0 Å². The molecule has 0 saturated carbocycles. The number of hydrogen-bond donors (Lipinski definition) is 1. The molecular formula is C18H15BrFN3O2. The highest BCUT2D eigenvalue weighted by Gasteiger charge is 2.12. The van der Waals surface area contributed by atoms with Crippen LogP contribution in [-0.2, 0) is 11.2 Å². The van der Waals surface area contributed by atoms with E-state index < -0.39 is 5.82 Å². The molecule has 0 aliphatic carbocycles. The van der Waals surface area contributed by atoms with Crippen molar-refractivity contribution in [2.45, 2.75) is 19.8 Å². The monoisotopic (exact) mass is 403 g/mol. The fraction of sp³-hybridized carbons (Fsp3) is 0.167. The molecule has 1 amide bonds. The molecule has 3 aromatic rings. The van der Waals surface area contributed by atoms with Crippen LogP contribution < -0.4 is 5.32 Å². The number of hydrogen-bond acceptors (Lipinski definition) is 4. The van der Waals surface area contributed by atoms with Crippen LogP contribution in [0.4, 0.5) is 10.1 Å². The second kappa shape index (κ2) is 7.57. The minimum atomic E-state index is -0.490. The first-order valence-electron chi connectivity index (χ1n) is 7.65. The molecule has 0 spiro atoms. The Hall–Kier alpha value is -2.54. The molecule has 3 rings (SSSR count). The third kappa shape index (κ3) is 4.51. The summed E-state index contributed by atoms with van der Waals surface area (Å²) in [5, 5.41) is 10.5. The van der Waals surface area contributed by atoms with E-state index in [4.69, 9.17) is 4.42 Å². The van der Waals surface area contributed by atoms with E-state index >= 15 is 0 Å². The minimum Gasteiger partial charge on any atom is -0.421 e. The van der Waals surface area contributed by atoms with Crippen molar-refractivity contribution in [3.63, 3.8) is 0 Å². The topological polar surface area (TPSA) is 68.0 Å². The molecule has 0 fully saturated rings. The van der Waals surface area contributed by atoms with Gasteiger partial charge in [0, 0.05) is 22.9 Å². The predicted molar refractivity (Wildman–Crippen MR) is 95.5 cm³/mol. The van der Waals surface area contributed by atoms with E-state index in [9.17, 15) is 9.18 Å². The first-order valence-corrected chi connectivity index (χ1v) is 8.45. The van der Waals surface area contributed by atoms with E-state index in [1.165, 1.54) is 12.1 Å². The lowest BCUT2D eigenvalue weighted by atomic mass is 10.1. The Kier molecular flexibility index (Phi) is 5.23. The first kappa shape index (κ1) is 17.3. The van der Waals surface area contributed by atoms with Crippen LogP contribution in [0.5, 0.6) is 0 Å². The lowest BCUT2D eigenvalue weighted by Gasteiger charge is -2.06. The van der Waals surface area contributed by atoms with Crippen LogP contribution >= 0.6 is 15.9 Å². The SMILES string of the molecule is Cc1ccc(-c2nnc(CCC(=O)Nc3cc(Br)ccc3F)o2)cc1. The normalized spacial score (nSPS) is 10.7. The number of aromatic nitrogens is 2. The molecule has 128 valence electrons. The smallest absolute Gasteiger partial charge is 0.247 e.